The Morgan fingerprint density at radius 2 is 1.62 bits per heavy atom. The van der Waals surface area contributed by atoms with Gasteiger partial charge in [0.1, 0.15) is 0 Å². The van der Waals surface area contributed by atoms with Crippen molar-refractivity contribution in [2.24, 2.45) is 5.92 Å². The fourth-order valence-electron chi connectivity index (χ4n) is 4.75. The fraction of sp³-hybridized carbons (Fsp3) is 0.481. The molecule has 1 unspecified atom stereocenters. The van der Waals surface area contributed by atoms with Crippen LogP contribution in [0.1, 0.15) is 39.2 Å². The number of hydrogen-bond donors (Lipinski definition) is 1. The molecule has 0 amide bonds. The second-order valence-corrected chi connectivity index (χ2v) is 8.94. The van der Waals surface area contributed by atoms with Crippen LogP contribution in [0.15, 0.2) is 60.7 Å². The van der Waals surface area contributed by atoms with Crippen LogP contribution in [-0.4, -0.2) is 55.0 Å². The van der Waals surface area contributed by atoms with Gasteiger partial charge in [0.15, 0.2) is 5.96 Å². The third kappa shape index (κ3) is 5.31. The Bertz CT molecular complexity index is 881. The smallest absolute Gasteiger partial charge is 0.198 e. The van der Waals surface area contributed by atoms with Crippen molar-refractivity contribution in [3.8, 4) is 6.07 Å². The summed E-state index contributed by atoms with van der Waals surface area (Å²) in [5, 5.41) is 18.8. The first kappa shape index (κ1) is 23.8. The van der Waals surface area contributed by atoms with E-state index in [0.29, 0.717) is 5.96 Å². The van der Waals surface area contributed by atoms with Gasteiger partial charge in [-0.3, -0.25) is 10.3 Å². The van der Waals surface area contributed by atoms with Crippen molar-refractivity contribution >= 4 is 11.6 Å². The van der Waals surface area contributed by atoms with Crippen LogP contribution in [0.3, 0.4) is 0 Å². The van der Waals surface area contributed by atoms with E-state index in [1.807, 2.05) is 36.4 Å². The molecule has 2 aromatic rings. The molecule has 32 heavy (non-hydrogen) atoms. The van der Waals surface area contributed by atoms with Gasteiger partial charge in [0.25, 0.3) is 0 Å². The third-order valence-corrected chi connectivity index (χ3v) is 6.83. The molecular formula is C27H37N5. The van der Waals surface area contributed by atoms with Gasteiger partial charge in [-0.25, -0.2) is 0 Å². The summed E-state index contributed by atoms with van der Waals surface area (Å²) in [6.45, 7) is 11.9. The lowest BCUT2D eigenvalue weighted by atomic mass is 9.70. The quantitative estimate of drug-likeness (QED) is 0.474. The molecule has 1 atom stereocenters. The summed E-state index contributed by atoms with van der Waals surface area (Å²) in [6, 6.07) is 23.1. The normalized spacial score (nSPS) is 16.4. The van der Waals surface area contributed by atoms with Crippen LogP contribution >= 0.6 is 0 Å². The molecule has 0 spiro atoms. The molecule has 1 aliphatic rings. The Hall–Kier alpha value is -2.84. The highest BCUT2D eigenvalue weighted by Gasteiger charge is 2.35. The van der Waals surface area contributed by atoms with E-state index in [4.69, 9.17) is 5.41 Å². The lowest BCUT2D eigenvalue weighted by Crippen LogP contribution is -2.53. The zero-order valence-electron chi connectivity index (χ0n) is 19.8. The minimum absolute atomic E-state index is 0.269. The first-order valence-electron chi connectivity index (χ1n) is 11.9. The van der Waals surface area contributed by atoms with Crippen LogP contribution in [0.25, 0.3) is 0 Å². The molecule has 5 heteroatoms. The number of nitrogens with zero attached hydrogens (tertiary/aromatic N) is 4. The van der Waals surface area contributed by atoms with Crippen molar-refractivity contribution in [2.75, 3.05) is 44.2 Å². The predicted octanol–water partition coefficient (Wildman–Crippen LogP) is 4.96. The summed E-state index contributed by atoms with van der Waals surface area (Å²) >= 11 is 0. The van der Waals surface area contributed by atoms with Gasteiger partial charge in [-0.1, -0.05) is 62.4 Å². The molecule has 0 radical (unpaired) electrons. The van der Waals surface area contributed by atoms with Gasteiger partial charge in [-0.15, -0.1) is 0 Å². The van der Waals surface area contributed by atoms with Crippen LogP contribution in [0.5, 0.6) is 0 Å². The number of anilines is 1. The third-order valence-electron chi connectivity index (χ3n) is 6.83. The molecule has 0 bridgehead atoms. The Morgan fingerprint density at radius 1 is 1.03 bits per heavy atom. The predicted molar refractivity (Wildman–Crippen MR) is 133 cm³/mol. The van der Waals surface area contributed by atoms with Crippen LogP contribution in [-0.2, 0) is 5.41 Å². The van der Waals surface area contributed by atoms with Gasteiger partial charge in [-0.2, -0.15) is 5.26 Å². The molecule has 2 aromatic carbocycles. The summed E-state index contributed by atoms with van der Waals surface area (Å²) in [6.07, 6.45) is 1.88. The molecule has 0 aliphatic carbocycles. The van der Waals surface area contributed by atoms with E-state index in [1.165, 1.54) is 0 Å². The van der Waals surface area contributed by atoms with Crippen molar-refractivity contribution in [1.82, 2.24) is 9.80 Å². The monoisotopic (exact) mass is 431 g/mol. The number of benzene rings is 2. The van der Waals surface area contributed by atoms with Gasteiger partial charge in [-0.05, 0) is 49.9 Å². The minimum Gasteiger partial charge on any atom is -0.340 e. The highest BCUT2D eigenvalue weighted by atomic mass is 15.4. The van der Waals surface area contributed by atoms with Crippen molar-refractivity contribution < 1.29 is 0 Å². The van der Waals surface area contributed by atoms with Crippen LogP contribution < -0.4 is 4.90 Å². The zero-order chi connectivity index (χ0) is 23.0. The van der Waals surface area contributed by atoms with E-state index in [9.17, 15) is 5.26 Å². The summed E-state index contributed by atoms with van der Waals surface area (Å²) < 4.78 is 0. The lowest BCUT2D eigenvalue weighted by Gasteiger charge is -2.39. The van der Waals surface area contributed by atoms with Crippen molar-refractivity contribution in [2.45, 2.75) is 39.0 Å². The van der Waals surface area contributed by atoms with E-state index in [0.717, 1.165) is 63.4 Å². The van der Waals surface area contributed by atoms with Crippen LogP contribution in [0.4, 0.5) is 5.69 Å². The molecule has 5 nitrogen and oxygen atoms in total. The maximum Gasteiger partial charge on any atom is 0.198 e. The first-order valence-corrected chi connectivity index (χ1v) is 11.9. The second kappa shape index (κ2) is 11.2. The number of para-hydroxylation sites is 1. The van der Waals surface area contributed by atoms with Gasteiger partial charge in [0.2, 0.25) is 0 Å². The maximum atomic E-state index is 10.1. The van der Waals surface area contributed by atoms with E-state index >= 15 is 0 Å². The molecule has 1 heterocycles. The molecular weight excluding hydrogens is 394 g/mol. The molecule has 0 saturated carbocycles. The van der Waals surface area contributed by atoms with Crippen molar-refractivity contribution in [3.63, 3.8) is 0 Å². The number of nitrogens with one attached hydrogen (secondary N) is 1. The Kier molecular flexibility index (Phi) is 8.30. The topological polar surface area (TPSA) is 57.4 Å². The van der Waals surface area contributed by atoms with Crippen LogP contribution in [0.2, 0.25) is 0 Å². The molecule has 1 saturated heterocycles. The standard InChI is InChI=1S/C27H37N5/c1-4-32(25-14-9-6-10-15-25)26(29)31-20-18-30(19-21-31)17-11-16-27(22-28,23(2)3)24-12-7-5-8-13-24/h5-10,12-15,23,29H,4,11,16-21H2,1-3H3. The summed E-state index contributed by atoms with van der Waals surface area (Å²) in [5.74, 6) is 0.857. The SMILES string of the molecule is CCN(C(=N)N1CCN(CCCC(C#N)(c2ccccc2)C(C)C)CC1)c1ccccc1. The molecule has 170 valence electrons. The van der Waals surface area contributed by atoms with E-state index in [2.05, 4.69) is 65.8 Å². The molecule has 3 rings (SSSR count). The lowest BCUT2D eigenvalue weighted by molar-refractivity contribution is 0.172. The summed E-state index contributed by atoms with van der Waals surface area (Å²) in [5.41, 5.74) is 1.78. The number of hydrogen-bond acceptors (Lipinski definition) is 3. The molecule has 0 aromatic heterocycles. The van der Waals surface area contributed by atoms with Crippen molar-refractivity contribution in [3.05, 3.63) is 66.2 Å². The molecule has 1 fully saturated rings. The average Bonchev–Trinajstić information content (AvgIpc) is 2.84. The van der Waals surface area contributed by atoms with E-state index in [-0.39, 0.29) is 5.92 Å². The van der Waals surface area contributed by atoms with Gasteiger partial charge >= 0.3 is 0 Å². The average molecular weight is 432 g/mol. The van der Waals surface area contributed by atoms with Gasteiger partial charge in [0.05, 0.1) is 11.5 Å². The zero-order valence-corrected chi connectivity index (χ0v) is 19.8. The number of rotatable bonds is 8. The Balaban J connectivity index is 1.53. The number of guanidine groups is 1. The summed E-state index contributed by atoms with van der Waals surface area (Å²) in [7, 11) is 0. The largest absolute Gasteiger partial charge is 0.340 e. The summed E-state index contributed by atoms with van der Waals surface area (Å²) in [4.78, 5) is 6.74. The minimum atomic E-state index is -0.428. The molecule has 1 N–H and O–H groups in total. The number of nitriles is 1. The van der Waals surface area contributed by atoms with Gasteiger partial charge < -0.3 is 9.80 Å². The number of piperazine rings is 1. The van der Waals surface area contributed by atoms with Crippen molar-refractivity contribution in [1.29, 1.82) is 10.7 Å². The molecule has 1 aliphatic heterocycles. The highest BCUT2D eigenvalue weighted by Crippen LogP contribution is 2.36. The van der Waals surface area contributed by atoms with Crippen LogP contribution in [0, 0.1) is 22.7 Å². The Morgan fingerprint density at radius 3 is 2.16 bits per heavy atom. The first-order chi connectivity index (χ1) is 15.5. The van der Waals surface area contributed by atoms with Gasteiger partial charge in [0, 0.05) is 38.4 Å². The highest BCUT2D eigenvalue weighted by molar-refractivity contribution is 5.93. The van der Waals surface area contributed by atoms with E-state index in [1.54, 1.807) is 0 Å². The Labute approximate surface area is 193 Å². The van der Waals surface area contributed by atoms with E-state index < -0.39 is 5.41 Å². The maximum absolute atomic E-state index is 10.1. The fourth-order valence-corrected chi connectivity index (χ4v) is 4.75. The second-order valence-electron chi connectivity index (χ2n) is 8.94.